The van der Waals surface area contributed by atoms with Gasteiger partial charge in [0.1, 0.15) is 5.58 Å². The molecule has 1 aromatic carbocycles. The third-order valence-corrected chi connectivity index (χ3v) is 6.45. The van der Waals surface area contributed by atoms with Crippen LogP contribution >= 0.6 is 0 Å². The Labute approximate surface area is 139 Å². The first-order chi connectivity index (χ1) is 11.5. The maximum absolute atomic E-state index is 13.3. The lowest BCUT2D eigenvalue weighted by atomic mass is 9.48. The molecule has 5 heteroatoms. The van der Waals surface area contributed by atoms with E-state index < -0.39 is 4.92 Å². The first kappa shape index (κ1) is 14.2. The Balaban J connectivity index is 1.53. The van der Waals surface area contributed by atoms with E-state index in [0.29, 0.717) is 34.5 Å². The van der Waals surface area contributed by atoms with Gasteiger partial charge in [-0.05, 0) is 68.4 Å². The number of carbonyl (C=O) groups excluding carboxylic acids is 1. The van der Waals surface area contributed by atoms with Crippen molar-refractivity contribution in [2.45, 2.75) is 38.5 Å². The summed E-state index contributed by atoms with van der Waals surface area (Å²) in [5.41, 5.74) is 0.333. The van der Waals surface area contributed by atoms with Crippen LogP contribution in [0.25, 0.3) is 11.0 Å². The van der Waals surface area contributed by atoms with Crippen LogP contribution in [0.3, 0.4) is 0 Å². The summed E-state index contributed by atoms with van der Waals surface area (Å²) >= 11 is 0. The van der Waals surface area contributed by atoms with Crippen LogP contribution in [0.2, 0.25) is 0 Å². The van der Waals surface area contributed by atoms with Crippen LogP contribution in [0.4, 0.5) is 5.69 Å². The van der Waals surface area contributed by atoms with E-state index in [2.05, 4.69) is 0 Å². The summed E-state index contributed by atoms with van der Waals surface area (Å²) in [6.45, 7) is 0. The number of carbonyl (C=O) groups is 1. The first-order valence-corrected chi connectivity index (χ1v) is 8.75. The minimum Gasteiger partial charge on any atom is -0.453 e. The number of fused-ring (bicyclic) bond motifs is 1. The van der Waals surface area contributed by atoms with Gasteiger partial charge < -0.3 is 4.42 Å². The number of rotatable bonds is 3. The van der Waals surface area contributed by atoms with Crippen molar-refractivity contribution in [3.63, 3.8) is 0 Å². The van der Waals surface area contributed by atoms with E-state index in [9.17, 15) is 14.9 Å². The number of ketones is 1. The second-order valence-corrected chi connectivity index (χ2v) is 8.12. The zero-order chi connectivity index (χ0) is 16.5. The predicted molar refractivity (Wildman–Crippen MR) is 87.8 cm³/mol. The lowest BCUT2D eigenvalue weighted by molar-refractivity contribution is -0.384. The molecule has 24 heavy (non-hydrogen) atoms. The van der Waals surface area contributed by atoms with Gasteiger partial charge in [0.25, 0.3) is 5.69 Å². The summed E-state index contributed by atoms with van der Waals surface area (Å²) in [7, 11) is 0. The van der Waals surface area contributed by atoms with Gasteiger partial charge in [-0.1, -0.05) is 0 Å². The first-order valence-electron chi connectivity index (χ1n) is 8.75. The van der Waals surface area contributed by atoms with Gasteiger partial charge >= 0.3 is 0 Å². The smallest absolute Gasteiger partial charge is 0.270 e. The van der Waals surface area contributed by atoms with Crippen LogP contribution in [-0.4, -0.2) is 10.7 Å². The normalized spacial score (nSPS) is 33.9. The SMILES string of the molecule is O=C(c1cc2cc([N+](=O)[O-])ccc2o1)C12CC3CC(CC(C3)C1)C2. The fourth-order valence-electron chi connectivity index (χ4n) is 5.91. The minimum atomic E-state index is -0.424. The highest BCUT2D eigenvalue weighted by molar-refractivity contribution is 6.01. The van der Waals surface area contributed by atoms with Crippen LogP contribution in [0, 0.1) is 33.3 Å². The molecular weight excluding hydrogens is 306 g/mol. The maximum atomic E-state index is 13.3. The molecule has 6 rings (SSSR count). The van der Waals surface area contributed by atoms with E-state index in [1.54, 1.807) is 12.1 Å². The number of Topliss-reactive ketones (excluding diaryl/α,β-unsaturated/α-hetero) is 1. The number of non-ortho nitro benzene ring substituents is 1. The van der Waals surface area contributed by atoms with Crippen LogP contribution in [0.15, 0.2) is 28.7 Å². The van der Waals surface area contributed by atoms with E-state index in [0.717, 1.165) is 19.3 Å². The molecule has 0 spiro atoms. The van der Waals surface area contributed by atoms with Crippen LogP contribution in [-0.2, 0) is 0 Å². The Morgan fingerprint density at radius 3 is 2.29 bits per heavy atom. The third kappa shape index (κ3) is 1.96. The molecule has 5 nitrogen and oxygen atoms in total. The van der Waals surface area contributed by atoms with Crippen molar-refractivity contribution in [3.8, 4) is 0 Å². The second kappa shape index (κ2) is 4.68. The van der Waals surface area contributed by atoms with Crippen molar-refractivity contribution in [1.82, 2.24) is 0 Å². The molecule has 0 saturated heterocycles. The number of benzene rings is 1. The number of nitrogens with zero attached hydrogens (tertiary/aromatic N) is 1. The summed E-state index contributed by atoms with van der Waals surface area (Å²) in [5.74, 6) is 2.61. The molecule has 0 aliphatic heterocycles. The van der Waals surface area contributed by atoms with Crippen molar-refractivity contribution in [2.75, 3.05) is 0 Å². The zero-order valence-electron chi connectivity index (χ0n) is 13.4. The molecule has 2 aromatic rings. The quantitative estimate of drug-likeness (QED) is 0.464. The molecule has 4 saturated carbocycles. The van der Waals surface area contributed by atoms with E-state index in [-0.39, 0.29) is 16.9 Å². The number of nitro benzene ring substituents is 1. The highest BCUT2D eigenvalue weighted by Crippen LogP contribution is 2.61. The van der Waals surface area contributed by atoms with E-state index in [1.807, 2.05) is 0 Å². The van der Waals surface area contributed by atoms with Gasteiger partial charge in [0.05, 0.1) is 4.92 Å². The lowest BCUT2D eigenvalue weighted by Gasteiger charge is -2.55. The molecule has 4 fully saturated rings. The molecule has 0 unspecified atom stereocenters. The average molecular weight is 325 g/mol. The van der Waals surface area contributed by atoms with Crippen LogP contribution in [0.1, 0.15) is 49.1 Å². The maximum Gasteiger partial charge on any atom is 0.270 e. The number of furan rings is 1. The topological polar surface area (TPSA) is 73.3 Å². The lowest BCUT2D eigenvalue weighted by Crippen LogP contribution is -2.49. The minimum absolute atomic E-state index is 0.0251. The Hall–Kier alpha value is -2.17. The molecule has 4 bridgehead atoms. The largest absolute Gasteiger partial charge is 0.453 e. The fraction of sp³-hybridized carbons (Fsp3) is 0.526. The molecule has 4 aliphatic rings. The zero-order valence-corrected chi connectivity index (χ0v) is 13.4. The molecule has 1 heterocycles. The summed E-state index contributed by atoms with van der Waals surface area (Å²) in [5, 5.41) is 11.6. The summed E-state index contributed by atoms with van der Waals surface area (Å²) in [6.07, 6.45) is 6.86. The second-order valence-electron chi connectivity index (χ2n) is 8.12. The van der Waals surface area contributed by atoms with Gasteiger partial charge in [-0.25, -0.2) is 0 Å². The molecule has 0 atom stereocenters. The number of hydrogen-bond acceptors (Lipinski definition) is 4. The average Bonchev–Trinajstić information content (AvgIpc) is 2.95. The van der Waals surface area contributed by atoms with Gasteiger partial charge in [0.2, 0.25) is 5.78 Å². The Bertz CT molecular complexity index is 830. The van der Waals surface area contributed by atoms with Crippen molar-refractivity contribution < 1.29 is 14.1 Å². The highest BCUT2D eigenvalue weighted by atomic mass is 16.6. The molecule has 0 amide bonds. The monoisotopic (exact) mass is 325 g/mol. The molecule has 1 aromatic heterocycles. The van der Waals surface area contributed by atoms with Gasteiger partial charge in [-0.3, -0.25) is 14.9 Å². The molecule has 124 valence electrons. The van der Waals surface area contributed by atoms with Gasteiger partial charge in [0, 0.05) is 22.9 Å². The molecule has 0 radical (unpaired) electrons. The van der Waals surface area contributed by atoms with Crippen LogP contribution < -0.4 is 0 Å². The van der Waals surface area contributed by atoms with E-state index >= 15 is 0 Å². The summed E-state index contributed by atoms with van der Waals surface area (Å²) in [6, 6.07) is 6.19. The highest BCUT2D eigenvalue weighted by Gasteiger charge is 2.55. The summed E-state index contributed by atoms with van der Waals surface area (Å²) in [4.78, 5) is 23.8. The molecule has 4 aliphatic carbocycles. The van der Waals surface area contributed by atoms with E-state index in [1.165, 1.54) is 31.4 Å². The summed E-state index contributed by atoms with van der Waals surface area (Å²) < 4.78 is 5.78. The molecular formula is C19H19NO4. The molecule has 0 N–H and O–H groups in total. The van der Waals surface area contributed by atoms with Gasteiger partial charge in [0.15, 0.2) is 5.76 Å². The predicted octanol–water partition coefficient (Wildman–Crippen LogP) is 4.74. The Kier molecular flexibility index (Phi) is 2.77. The van der Waals surface area contributed by atoms with Crippen molar-refractivity contribution in [3.05, 3.63) is 40.1 Å². The van der Waals surface area contributed by atoms with E-state index in [4.69, 9.17) is 4.42 Å². The van der Waals surface area contributed by atoms with Gasteiger partial charge in [-0.2, -0.15) is 0 Å². The van der Waals surface area contributed by atoms with Gasteiger partial charge in [-0.15, -0.1) is 0 Å². The number of nitro groups is 1. The van der Waals surface area contributed by atoms with Crippen molar-refractivity contribution in [2.24, 2.45) is 23.2 Å². The fourth-order valence-corrected chi connectivity index (χ4v) is 5.91. The van der Waals surface area contributed by atoms with Crippen molar-refractivity contribution in [1.29, 1.82) is 0 Å². The third-order valence-electron chi connectivity index (χ3n) is 6.45. The Morgan fingerprint density at radius 1 is 1.08 bits per heavy atom. The number of hydrogen-bond donors (Lipinski definition) is 0. The van der Waals surface area contributed by atoms with Crippen molar-refractivity contribution >= 4 is 22.4 Å². The standard InChI is InChI=1S/C19H19NO4/c21-18(19-8-11-3-12(9-19)5-13(4-11)10-19)17-7-14-6-15(20(22)23)1-2-16(14)24-17/h1-2,6-7,11-13H,3-5,8-10H2. The van der Waals surface area contributed by atoms with Crippen LogP contribution in [0.5, 0.6) is 0 Å². The Morgan fingerprint density at radius 2 is 1.71 bits per heavy atom.